The molecule has 0 spiro atoms. The summed E-state index contributed by atoms with van der Waals surface area (Å²) in [6.07, 6.45) is 0.168. The molecule has 0 bridgehead atoms. The van der Waals surface area contributed by atoms with Gasteiger partial charge in [0.05, 0.1) is 12.1 Å². The number of hydrogen-bond donors (Lipinski definition) is 1. The lowest BCUT2D eigenvalue weighted by Crippen LogP contribution is -2.34. The van der Waals surface area contributed by atoms with E-state index in [2.05, 4.69) is 21.2 Å². The van der Waals surface area contributed by atoms with Crippen LogP contribution >= 0.6 is 15.9 Å². The first-order valence-corrected chi connectivity index (χ1v) is 8.21. The van der Waals surface area contributed by atoms with Crippen LogP contribution in [0.15, 0.2) is 46.9 Å². The molecular weight excluding hydrogens is 356 g/mol. The Bertz CT molecular complexity index is 771. The number of carbonyl (C=O) groups is 2. The fourth-order valence-corrected chi connectivity index (χ4v) is 2.89. The number of aryl methyl sites for hydroxylation is 2. The van der Waals surface area contributed by atoms with E-state index in [-0.39, 0.29) is 18.2 Å². The second-order valence-corrected chi connectivity index (χ2v) is 6.66. The Labute approximate surface area is 143 Å². The van der Waals surface area contributed by atoms with Crippen molar-refractivity contribution in [3.63, 3.8) is 0 Å². The van der Waals surface area contributed by atoms with Gasteiger partial charge in [-0.2, -0.15) is 0 Å². The van der Waals surface area contributed by atoms with E-state index < -0.39 is 6.04 Å². The lowest BCUT2D eigenvalue weighted by molar-refractivity contribution is -0.121. The number of nitrogens with zero attached hydrogens (tertiary/aromatic N) is 1. The van der Waals surface area contributed by atoms with Gasteiger partial charge in [0.15, 0.2) is 0 Å². The van der Waals surface area contributed by atoms with Crippen molar-refractivity contribution in [1.82, 2.24) is 0 Å². The minimum absolute atomic E-state index is 0.168. The summed E-state index contributed by atoms with van der Waals surface area (Å²) in [7, 11) is 0. The predicted molar refractivity (Wildman–Crippen MR) is 94.6 cm³/mol. The van der Waals surface area contributed by atoms with Crippen molar-refractivity contribution in [2.75, 3.05) is 10.2 Å². The van der Waals surface area contributed by atoms with Crippen LogP contribution in [-0.2, 0) is 9.59 Å². The first kappa shape index (κ1) is 15.7. The molecule has 2 aromatic carbocycles. The topological polar surface area (TPSA) is 49.4 Å². The molecule has 118 valence electrons. The van der Waals surface area contributed by atoms with Gasteiger partial charge in [0, 0.05) is 10.2 Å². The number of hydrogen-bond acceptors (Lipinski definition) is 3. The average molecular weight is 373 g/mol. The molecule has 1 fully saturated rings. The molecule has 3 rings (SSSR count). The molecule has 1 N–H and O–H groups in total. The van der Waals surface area contributed by atoms with Crippen LogP contribution in [0.1, 0.15) is 17.5 Å². The van der Waals surface area contributed by atoms with Gasteiger partial charge < -0.3 is 5.32 Å². The third-order valence-corrected chi connectivity index (χ3v) is 4.61. The number of benzene rings is 2. The molecule has 1 heterocycles. The Morgan fingerprint density at radius 1 is 1.04 bits per heavy atom. The van der Waals surface area contributed by atoms with Gasteiger partial charge in [-0.25, -0.2) is 4.90 Å². The van der Waals surface area contributed by atoms with Gasteiger partial charge in [-0.1, -0.05) is 22.0 Å². The SMILES string of the molecule is Cc1ccc(N2C(=O)C[C@@H](Nc3ccc(Br)cc3)C2=O)cc1C. The molecule has 0 unspecified atom stereocenters. The molecule has 0 radical (unpaired) electrons. The number of nitrogens with one attached hydrogen (secondary N) is 1. The molecule has 1 aliphatic heterocycles. The van der Waals surface area contributed by atoms with Gasteiger partial charge in [-0.15, -0.1) is 0 Å². The number of halogens is 1. The molecule has 1 atom stereocenters. The summed E-state index contributed by atoms with van der Waals surface area (Å²) in [5.74, 6) is -0.381. The molecule has 0 saturated carbocycles. The highest BCUT2D eigenvalue weighted by molar-refractivity contribution is 9.10. The lowest BCUT2D eigenvalue weighted by Gasteiger charge is -2.17. The second kappa shape index (κ2) is 6.16. The Morgan fingerprint density at radius 2 is 1.74 bits per heavy atom. The van der Waals surface area contributed by atoms with Gasteiger partial charge in [0.2, 0.25) is 5.91 Å². The molecule has 1 aliphatic rings. The van der Waals surface area contributed by atoms with Crippen LogP contribution in [0.4, 0.5) is 11.4 Å². The van der Waals surface area contributed by atoms with E-state index in [4.69, 9.17) is 0 Å². The van der Waals surface area contributed by atoms with E-state index in [9.17, 15) is 9.59 Å². The van der Waals surface area contributed by atoms with Crippen LogP contribution in [0.25, 0.3) is 0 Å². The summed E-state index contributed by atoms with van der Waals surface area (Å²) in [6.45, 7) is 3.98. The lowest BCUT2D eigenvalue weighted by atomic mass is 10.1. The molecule has 5 heteroatoms. The zero-order chi connectivity index (χ0) is 16.6. The van der Waals surface area contributed by atoms with Crippen LogP contribution in [-0.4, -0.2) is 17.9 Å². The standard InChI is InChI=1S/C18H17BrN2O2/c1-11-3-8-15(9-12(11)2)21-17(22)10-16(18(21)23)20-14-6-4-13(19)5-7-14/h3-9,16,20H,10H2,1-2H3/t16-/m1/s1. The van der Waals surface area contributed by atoms with Crippen molar-refractivity contribution in [2.45, 2.75) is 26.3 Å². The third-order valence-electron chi connectivity index (χ3n) is 4.08. The van der Waals surface area contributed by atoms with Crippen molar-refractivity contribution >= 4 is 39.1 Å². The molecule has 2 amide bonds. The monoisotopic (exact) mass is 372 g/mol. The number of rotatable bonds is 3. The van der Waals surface area contributed by atoms with E-state index in [0.29, 0.717) is 5.69 Å². The number of imide groups is 1. The minimum atomic E-state index is -0.523. The zero-order valence-corrected chi connectivity index (χ0v) is 14.6. The van der Waals surface area contributed by atoms with Crippen molar-refractivity contribution in [1.29, 1.82) is 0 Å². The summed E-state index contributed by atoms with van der Waals surface area (Å²) >= 11 is 3.38. The van der Waals surface area contributed by atoms with Gasteiger partial charge in [0.25, 0.3) is 5.91 Å². The quantitative estimate of drug-likeness (QED) is 0.833. The molecule has 0 aromatic heterocycles. The largest absolute Gasteiger partial charge is 0.373 e. The maximum atomic E-state index is 12.6. The number of carbonyl (C=O) groups excluding carboxylic acids is 2. The van der Waals surface area contributed by atoms with Crippen LogP contribution in [0.2, 0.25) is 0 Å². The highest BCUT2D eigenvalue weighted by Crippen LogP contribution is 2.27. The van der Waals surface area contributed by atoms with E-state index in [1.807, 2.05) is 56.3 Å². The summed E-state index contributed by atoms with van der Waals surface area (Å²) in [5.41, 5.74) is 3.66. The van der Waals surface area contributed by atoms with Crippen LogP contribution in [0.3, 0.4) is 0 Å². The Kier molecular flexibility index (Phi) is 4.22. The molecule has 2 aromatic rings. The van der Waals surface area contributed by atoms with E-state index in [0.717, 1.165) is 21.3 Å². The van der Waals surface area contributed by atoms with Crippen LogP contribution in [0.5, 0.6) is 0 Å². The second-order valence-electron chi connectivity index (χ2n) is 5.74. The third kappa shape index (κ3) is 3.15. The zero-order valence-electron chi connectivity index (χ0n) is 13.0. The normalized spacial score (nSPS) is 17.7. The summed E-state index contributed by atoms with van der Waals surface area (Å²) in [6, 6.07) is 12.6. The molecule has 23 heavy (non-hydrogen) atoms. The number of amides is 2. The van der Waals surface area contributed by atoms with E-state index in [1.165, 1.54) is 4.90 Å². The summed E-state index contributed by atoms with van der Waals surface area (Å²) < 4.78 is 0.966. The van der Waals surface area contributed by atoms with Crippen LogP contribution < -0.4 is 10.2 Å². The highest BCUT2D eigenvalue weighted by Gasteiger charge is 2.39. The molecular formula is C18H17BrN2O2. The smallest absolute Gasteiger partial charge is 0.256 e. The first-order chi connectivity index (χ1) is 11.0. The Hall–Kier alpha value is -2.14. The van der Waals surface area contributed by atoms with Crippen LogP contribution in [0, 0.1) is 13.8 Å². The minimum Gasteiger partial charge on any atom is -0.373 e. The highest BCUT2D eigenvalue weighted by atomic mass is 79.9. The van der Waals surface area contributed by atoms with Crippen molar-refractivity contribution in [2.24, 2.45) is 0 Å². The maximum Gasteiger partial charge on any atom is 0.256 e. The average Bonchev–Trinajstić information content (AvgIpc) is 2.79. The first-order valence-electron chi connectivity index (χ1n) is 7.42. The number of anilines is 2. The van der Waals surface area contributed by atoms with E-state index in [1.54, 1.807) is 0 Å². The van der Waals surface area contributed by atoms with Gasteiger partial charge >= 0.3 is 0 Å². The van der Waals surface area contributed by atoms with Gasteiger partial charge in [0.1, 0.15) is 6.04 Å². The fourth-order valence-electron chi connectivity index (χ4n) is 2.63. The van der Waals surface area contributed by atoms with E-state index >= 15 is 0 Å². The van der Waals surface area contributed by atoms with Crippen molar-refractivity contribution in [3.05, 3.63) is 58.1 Å². The Balaban J connectivity index is 1.82. The summed E-state index contributed by atoms with van der Waals surface area (Å²) in [4.78, 5) is 26.2. The summed E-state index contributed by atoms with van der Waals surface area (Å²) in [5, 5.41) is 3.14. The van der Waals surface area contributed by atoms with Gasteiger partial charge in [-0.05, 0) is 61.4 Å². The van der Waals surface area contributed by atoms with Gasteiger partial charge in [-0.3, -0.25) is 9.59 Å². The molecule has 1 saturated heterocycles. The molecule has 4 nitrogen and oxygen atoms in total. The molecule has 0 aliphatic carbocycles. The van der Waals surface area contributed by atoms with Crippen molar-refractivity contribution in [3.8, 4) is 0 Å². The maximum absolute atomic E-state index is 12.6. The Morgan fingerprint density at radius 3 is 2.39 bits per heavy atom. The van der Waals surface area contributed by atoms with Crippen molar-refractivity contribution < 1.29 is 9.59 Å². The fraction of sp³-hybridized carbons (Fsp3) is 0.222. The predicted octanol–water partition coefficient (Wildman–Crippen LogP) is 3.81.